The van der Waals surface area contributed by atoms with E-state index in [1.807, 2.05) is 0 Å². The van der Waals surface area contributed by atoms with Crippen LogP contribution in [0.5, 0.6) is 0 Å². The van der Waals surface area contributed by atoms with Gasteiger partial charge in [0.1, 0.15) is 10.7 Å². The van der Waals surface area contributed by atoms with E-state index in [9.17, 15) is 12.8 Å². The number of aryl methyl sites for hydroxylation is 1. The summed E-state index contributed by atoms with van der Waals surface area (Å²) in [4.78, 5) is -0.200. The van der Waals surface area contributed by atoms with Crippen LogP contribution in [0.1, 0.15) is 6.92 Å². The minimum atomic E-state index is -4.01. The van der Waals surface area contributed by atoms with Crippen LogP contribution in [0.3, 0.4) is 0 Å². The van der Waals surface area contributed by atoms with Gasteiger partial charge in [-0.15, -0.1) is 0 Å². The van der Waals surface area contributed by atoms with Gasteiger partial charge in [0.15, 0.2) is 5.82 Å². The van der Waals surface area contributed by atoms with Crippen LogP contribution in [0.25, 0.3) is 0 Å². The first-order valence-electron chi connectivity index (χ1n) is 5.64. The van der Waals surface area contributed by atoms with Gasteiger partial charge in [-0.25, -0.2) is 12.8 Å². The van der Waals surface area contributed by atoms with E-state index in [2.05, 4.69) is 9.82 Å². The Morgan fingerprint density at radius 2 is 2.20 bits per heavy atom. The highest BCUT2D eigenvalue weighted by molar-refractivity contribution is 7.92. The molecule has 0 radical (unpaired) electrons. The quantitative estimate of drug-likeness (QED) is 0.903. The molecule has 1 aromatic heterocycles. The maximum atomic E-state index is 13.6. The molecule has 6 nitrogen and oxygen atoms in total. The van der Waals surface area contributed by atoms with E-state index in [4.69, 9.17) is 17.3 Å². The molecule has 108 valence electrons. The van der Waals surface area contributed by atoms with Crippen molar-refractivity contribution in [3.8, 4) is 0 Å². The molecule has 0 aliphatic carbocycles. The van der Waals surface area contributed by atoms with Gasteiger partial charge in [0.05, 0.1) is 5.69 Å². The third kappa shape index (κ3) is 2.86. The van der Waals surface area contributed by atoms with Gasteiger partial charge in [-0.05, 0) is 25.1 Å². The van der Waals surface area contributed by atoms with Gasteiger partial charge in [0, 0.05) is 17.8 Å². The first kappa shape index (κ1) is 14.6. The molecule has 3 N–H and O–H groups in total. The molecule has 0 aliphatic heterocycles. The number of benzene rings is 1. The summed E-state index contributed by atoms with van der Waals surface area (Å²) >= 11 is 5.60. The van der Waals surface area contributed by atoms with E-state index < -0.39 is 15.8 Å². The lowest BCUT2D eigenvalue weighted by atomic mass is 10.3. The normalized spacial score (nSPS) is 11.6. The van der Waals surface area contributed by atoms with Crippen molar-refractivity contribution in [3.63, 3.8) is 0 Å². The van der Waals surface area contributed by atoms with Crippen molar-refractivity contribution in [2.24, 2.45) is 0 Å². The topological polar surface area (TPSA) is 90.0 Å². The first-order valence-corrected chi connectivity index (χ1v) is 7.50. The van der Waals surface area contributed by atoms with Crippen LogP contribution in [0, 0.1) is 5.82 Å². The molecule has 0 aliphatic rings. The molecule has 1 aromatic carbocycles. The van der Waals surface area contributed by atoms with Gasteiger partial charge >= 0.3 is 0 Å². The SMILES string of the molecule is CCn1cc(S(=O)(=O)Nc2ccc(Cl)cc2F)c(N)n1. The number of nitrogens with one attached hydrogen (secondary N) is 1. The molecule has 0 unspecified atom stereocenters. The van der Waals surface area contributed by atoms with Crippen molar-refractivity contribution in [2.45, 2.75) is 18.4 Å². The molecule has 0 fully saturated rings. The summed E-state index contributed by atoms with van der Waals surface area (Å²) in [5, 5.41) is 4.00. The highest BCUT2D eigenvalue weighted by Gasteiger charge is 2.22. The summed E-state index contributed by atoms with van der Waals surface area (Å²) in [6.07, 6.45) is 1.28. The zero-order valence-electron chi connectivity index (χ0n) is 10.5. The maximum absolute atomic E-state index is 13.6. The fourth-order valence-corrected chi connectivity index (χ4v) is 2.86. The minimum absolute atomic E-state index is 0.145. The van der Waals surface area contributed by atoms with Gasteiger partial charge in [-0.2, -0.15) is 5.10 Å². The van der Waals surface area contributed by atoms with Crippen molar-refractivity contribution >= 4 is 33.1 Å². The molecule has 20 heavy (non-hydrogen) atoms. The van der Waals surface area contributed by atoms with Crippen LogP contribution in [-0.2, 0) is 16.6 Å². The standard InChI is InChI=1S/C11H12ClFN4O2S/c1-2-17-6-10(11(14)15-17)20(18,19)16-9-4-3-7(12)5-8(9)13/h3-6,16H,2H2,1H3,(H2,14,15). The van der Waals surface area contributed by atoms with Crippen LogP contribution >= 0.6 is 11.6 Å². The fourth-order valence-electron chi connectivity index (χ4n) is 1.56. The lowest BCUT2D eigenvalue weighted by Gasteiger charge is -2.07. The zero-order valence-corrected chi connectivity index (χ0v) is 12.0. The second-order valence-corrected chi connectivity index (χ2v) is 6.05. The Morgan fingerprint density at radius 1 is 1.50 bits per heavy atom. The Morgan fingerprint density at radius 3 is 2.75 bits per heavy atom. The number of sulfonamides is 1. The predicted octanol–water partition coefficient (Wildman–Crippen LogP) is 2.08. The number of halogens is 2. The van der Waals surface area contributed by atoms with Gasteiger partial charge in [0.2, 0.25) is 0 Å². The summed E-state index contributed by atoms with van der Waals surface area (Å²) in [6, 6.07) is 3.62. The summed E-state index contributed by atoms with van der Waals surface area (Å²) in [7, 11) is -4.01. The molecule has 0 saturated heterocycles. The average Bonchev–Trinajstić information content (AvgIpc) is 2.75. The van der Waals surface area contributed by atoms with Crippen molar-refractivity contribution in [2.75, 3.05) is 10.5 Å². The number of aromatic nitrogens is 2. The van der Waals surface area contributed by atoms with E-state index >= 15 is 0 Å². The van der Waals surface area contributed by atoms with Crippen LogP contribution in [0.15, 0.2) is 29.3 Å². The Labute approximate surface area is 120 Å². The number of hydrogen-bond acceptors (Lipinski definition) is 4. The van der Waals surface area contributed by atoms with Gasteiger partial charge in [-0.3, -0.25) is 9.40 Å². The smallest absolute Gasteiger partial charge is 0.267 e. The molecule has 1 heterocycles. The van der Waals surface area contributed by atoms with E-state index in [0.29, 0.717) is 6.54 Å². The number of anilines is 2. The number of hydrogen-bond donors (Lipinski definition) is 2. The lowest BCUT2D eigenvalue weighted by molar-refractivity contribution is 0.598. The van der Waals surface area contributed by atoms with Crippen LogP contribution in [-0.4, -0.2) is 18.2 Å². The maximum Gasteiger partial charge on any atom is 0.267 e. The molecular weight excluding hydrogens is 307 g/mol. The highest BCUT2D eigenvalue weighted by atomic mass is 35.5. The van der Waals surface area contributed by atoms with Gasteiger partial charge < -0.3 is 5.73 Å². The summed E-state index contributed by atoms with van der Waals surface area (Å²) < 4.78 is 41.4. The van der Waals surface area contributed by atoms with Crippen LogP contribution in [0.4, 0.5) is 15.9 Å². The molecule has 0 atom stereocenters. The number of nitrogen functional groups attached to an aromatic ring is 1. The lowest BCUT2D eigenvalue weighted by Crippen LogP contribution is -2.14. The Bertz CT molecular complexity index is 745. The first-order chi connectivity index (χ1) is 9.33. The van der Waals surface area contributed by atoms with Crippen molar-refractivity contribution < 1.29 is 12.8 Å². The number of nitrogens with zero attached hydrogens (tertiary/aromatic N) is 2. The van der Waals surface area contributed by atoms with E-state index in [-0.39, 0.29) is 21.4 Å². The molecule has 0 saturated carbocycles. The summed E-state index contributed by atoms with van der Waals surface area (Å²) in [5.41, 5.74) is 5.34. The molecule has 0 amide bonds. The Hall–Kier alpha value is -1.80. The molecule has 9 heteroatoms. The highest BCUT2D eigenvalue weighted by Crippen LogP contribution is 2.24. The van der Waals surface area contributed by atoms with Gasteiger partial charge in [-0.1, -0.05) is 11.6 Å². The van der Waals surface area contributed by atoms with E-state index in [0.717, 1.165) is 6.07 Å². The number of nitrogens with two attached hydrogens (primary N) is 1. The summed E-state index contributed by atoms with van der Waals surface area (Å²) in [6.45, 7) is 2.25. The van der Waals surface area contributed by atoms with E-state index in [1.165, 1.54) is 23.0 Å². The molecular formula is C11H12ClFN4O2S. The Kier molecular flexibility index (Phi) is 3.87. The average molecular weight is 319 g/mol. The monoisotopic (exact) mass is 318 g/mol. The van der Waals surface area contributed by atoms with Gasteiger partial charge in [0.25, 0.3) is 10.0 Å². The molecule has 2 rings (SSSR count). The fraction of sp³-hybridized carbons (Fsp3) is 0.182. The van der Waals surface area contributed by atoms with Crippen molar-refractivity contribution in [1.82, 2.24) is 9.78 Å². The van der Waals surface area contributed by atoms with Crippen LogP contribution in [0.2, 0.25) is 5.02 Å². The minimum Gasteiger partial charge on any atom is -0.381 e. The zero-order chi connectivity index (χ0) is 14.9. The summed E-state index contributed by atoms with van der Waals surface area (Å²) in [5.74, 6) is -0.920. The second-order valence-electron chi connectivity index (χ2n) is 3.96. The van der Waals surface area contributed by atoms with Crippen molar-refractivity contribution in [3.05, 3.63) is 35.2 Å². The number of rotatable bonds is 4. The predicted molar refractivity (Wildman–Crippen MR) is 74.5 cm³/mol. The Balaban J connectivity index is 2.38. The van der Waals surface area contributed by atoms with Crippen LogP contribution < -0.4 is 10.5 Å². The third-order valence-electron chi connectivity index (χ3n) is 2.54. The molecule has 0 bridgehead atoms. The van der Waals surface area contributed by atoms with E-state index in [1.54, 1.807) is 6.92 Å². The van der Waals surface area contributed by atoms with Crippen molar-refractivity contribution in [1.29, 1.82) is 0 Å². The third-order valence-corrected chi connectivity index (χ3v) is 4.16. The largest absolute Gasteiger partial charge is 0.381 e. The second kappa shape index (κ2) is 5.29. The molecule has 0 spiro atoms. The molecule has 2 aromatic rings.